The summed E-state index contributed by atoms with van der Waals surface area (Å²) in [5.74, 6) is 0.0876. The average molecular weight is 129 g/mol. The van der Waals surface area contributed by atoms with E-state index in [1.54, 1.807) is 7.05 Å². The van der Waals surface area contributed by atoms with Crippen molar-refractivity contribution in [2.75, 3.05) is 13.6 Å². The van der Waals surface area contributed by atoms with Gasteiger partial charge >= 0.3 is 0 Å². The van der Waals surface area contributed by atoms with Crippen molar-refractivity contribution in [3.05, 3.63) is 0 Å². The highest BCUT2D eigenvalue weighted by molar-refractivity contribution is 5.82. The summed E-state index contributed by atoms with van der Waals surface area (Å²) >= 11 is 0. The summed E-state index contributed by atoms with van der Waals surface area (Å²) in [6, 6.07) is 0. The predicted octanol–water partition coefficient (Wildman–Crippen LogP) is -0.246. The van der Waals surface area contributed by atoms with Crippen LogP contribution >= 0.6 is 0 Å². The second-order valence-electron chi connectivity index (χ2n) is 1.77. The lowest BCUT2D eigenvalue weighted by Gasteiger charge is -1.93. The molecule has 0 spiro atoms. The molecule has 0 fully saturated rings. The van der Waals surface area contributed by atoms with Gasteiger partial charge in [-0.15, -0.1) is 0 Å². The van der Waals surface area contributed by atoms with Gasteiger partial charge in [-0.3, -0.25) is 4.79 Å². The molecular weight excluding hydrogens is 118 g/mol. The van der Waals surface area contributed by atoms with Gasteiger partial charge in [0.15, 0.2) is 0 Å². The molecule has 0 saturated heterocycles. The minimum atomic E-state index is 0.0876. The number of ketones is 1. The number of hydrogen-bond donors (Lipinski definition) is 1. The minimum Gasteiger partial charge on any atom is -0.313 e. The molecule has 0 radical (unpaired) electrons. The van der Waals surface area contributed by atoms with E-state index in [2.05, 4.69) is 5.32 Å². The van der Waals surface area contributed by atoms with Gasteiger partial charge in [0.2, 0.25) is 0 Å². The molecule has 9 heavy (non-hydrogen) atoms. The Morgan fingerprint density at radius 3 is 2.78 bits per heavy atom. The number of hydrogen-bond acceptors (Lipinski definition) is 3. The van der Waals surface area contributed by atoms with Gasteiger partial charge in [-0.05, 0) is 7.05 Å². The van der Waals surface area contributed by atoms with Crippen LogP contribution in [0.15, 0.2) is 0 Å². The first-order chi connectivity index (χ1) is 4.31. The van der Waals surface area contributed by atoms with E-state index >= 15 is 0 Å². The molecule has 0 aromatic carbocycles. The maximum Gasteiger partial charge on any atom is 0.147 e. The van der Waals surface area contributed by atoms with Crippen LogP contribution in [0, 0.1) is 0 Å². The van der Waals surface area contributed by atoms with Crippen LogP contribution in [0.3, 0.4) is 0 Å². The zero-order valence-corrected chi connectivity index (χ0v) is 5.52. The van der Waals surface area contributed by atoms with Crippen molar-refractivity contribution >= 4 is 12.1 Å². The van der Waals surface area contributed by atoms with Crippen molar-refractivity contribution < 1.29 is 9.59 Å². The van der Waals surface area contributed by atoms with Crippen molar-refractivity contribution in [2.24, 2.45) is 0 Å². The molecule has 0 amide bonds. The van der Waals surface area contributed by atoms with Gasteiger partial charge in [0.05, 0.1) is 6.54 Å². The summed E-state index contributed by atoms with van der Waals surface area (Å²) in [5, 5.41) is 2.71. The van der Waals surface area contributed by atoms with E-state index in [9.17, 15) is 9.59 Å². The van der Waals surface area contributed by atoms with E-state index in [0.29, 0.717) is 19.4 Å². The third kappa shape index (κ3) is 5.17. The quantitative estimate of drug-likeness (QED) is 0.521. The first-order valence-corrected chi connectivity index (χ1v) is 2.91. The second kappa shape index (κ2) is 5.44. The summed E-state index contributed by atoms with van der Waals surface area (Å²) < 4.78 is 0. The van der Waals surface area contributed by atoms with Gasteiger partial charge in [-0.1, -0.05) is 0 Å². The van der Waals surface area contributed by atoms with E-state index in [1.165, 1.54) is 0 Å². The summed E-state index contributed by atoms with van der Waals surface area (Å²) in [6.07, 6.45) is 1.47. The van der Waals surface area contributed by atoms with Gasteiger partial charge in [-0.25, -0.2) is 0 Å². The Morgan fingerprint density at radius 1 is 1.67 bits per heavy atom. The number of aldehydes is 1. The Kier molecular flexibility index (Phi) is 5.01. The van der Waals surface area contributed by atoms with Crippen LogP contribution in [-0.2, 0) is 9.59 Å². The number of likely N-dealkylation sites (N-methyl/N-ethyl adjacent to an activating group) is 1. The number of carbonyl (C=O) groups excluding carboxylic acids is 2. The molecule has 0 unspecified atom stereocenters. The van der Waals surface area contributed by atoms with Gasteiger partial charge in [0, 0.05) is 12.8 Å². The molecule has 0 aliphatic heterocycles. The lowest BCUT2D eigenvalue weighted by atomic mass is 10.2. The predicted molar refractivity (Wildman–Crippen MR) is 34.2 cm³/mol. The first kappa shape index (κ1) is 8.30. The molecule has 0 aromatic heterocycles. The van der Waals surface area contributed by atoms with Crippen LogP contribution in [0.1, 0.15) is 12.8 Å². The Hall–Kier alpha value is -0.700. The van der Waals surface area contributed by atoms with Crippen LogP contribution in [0.5, 0.6) is 0 Å². The number of nitrogens with one attached hydrogen (secondary N) is 1. The summed E-state index contributed by atoms with van der Waals surface area (Å²) in [5.41, 5.74) is 0. The Bertz CT molecular complexity index is 101. The number of Topliss-reactive ketones (excluding diaryl/α,β-unsaturated/α-hetero) is 1. The van der Waals surface area contributed by atoms with E-state index in [0.717, 1.165) is 6.29 Å². The number of rotatable bonds is 5. The third-order valence-corrected chi connectivity index (χ3v) is 0.915. The van der Waals surface area contributed by atoms with E-state index in [4.69, 9.17) is 0 Å². The fraction of sp³-hybridized carbons (Fsp3) is 0.667. The normalized spacial score (nSPS) is 9.00. The molecule has 0 rings (SSSR count). The Labute approximate surface area is 54.4 Å². The SMILES string of the molecule is CNCC(=O)CCC=O. The monoisotopic (exact) mass is 129 g/mol. The highest BCUT2D eigenvalue weighted by Crippen LogP contribution is 1.84. The zero-order valence-electron chi connectivity index (χ0n) is 5.52. The van der Waals surface area contributed by atoms with E-state index in [1.807, 2.05) is 0 Å². The molecule has 0 aromatic rings. The second-order valence-corrected chi connectivity index (χ2v) is 1.77. The van der Waals surface area contributed by atoms with E-state index in [-0.39, 0.29) is 5.78 Å². The third-order valence-electron chi connectivity index (χ3n) is 0.915. The largest absolute Gasteiger partial charge is 0.313 e. The van der Waals surface area contributed by atoms with Gasteiger partial charge in [0.1, 0.15) is 12.1 Å². The molecule has 1 N–H and O–H groups in total. The highest BCUT2D eigenvalue weighted by Gasteiger charge is 1.96. The van der Waals surface area contributed by atoms with Crippen molar-refractivity contribution in [3.63, 3.8) is 0 Å². The smallest absolute Gasteiger partial charge is 0.147 e. The van der Waals surface area contributed by atoms with Crippen LogP contribution in [0.2, 0.25) is 0 Å². The minimum absolute atomic E-state index is 0.0876. The zero-order chi connectivity index (χ0) is 7.11. The van der Waals surface area contributed by atoms with Gasteiger partial charge < -0.3 is 10.1 Å². The van der Waals surface area contributed by atoms with Gasteiger partial charge in [0.25, 0.3) is 0 Å². The fourth-order valence-electron chi connectivity index (χ4n) is 0.505. The molecule has 52 valence electrons. The van der Waals surface area contributed by atoms with Crippen LogP contribution in [0.4, 0.5) is 0 Å². The van der Waals surface area contributed by atoms with Crippen molar-refractivity contribution in [3.8, 4) is 0 Å². The maximum atomic E-state index is 10.6. The molecular formula is C6H11NO2. The van der Waals surface area contributed by atoms with Crippen LogP contribution in [0.25, 0.3) is 0 Å². The average Bonchev–Trinajstić information content (AvgIpc) is 1.85. The first-order valence-electron chi connectivity index (χ1n) is 2.91. The van der Waals surface area contributed by atoms with Gasteiger partial charge in [-0.2, -0.15) is 0 Å². The molecule has 3 heteroatoms. The topological polar surface area (TPSA) is 46.2 Å². The molecule has 3 nitrogen and oxygen atoms in total. The highest BCUT2D eigenvalue weighted by atomic mass is 16.1. The Morgan fingerprint density at radius 2 is 2.33 bits per heavy atom. The molecule has 0 bridgehead atoms. The van der Waals surface area contributed by atoms with Crippen LogP contribution in [-0.4, -0.2) is 25.7 Å². The van der Waals surface area contributed by atoms with Crippen molar-refractivity contribution in [1.29, 1.82) is 0 Å². The maximum absolute atomic E-state index is 10.6. The number of carbonyl (C=O) groups is 2. The summed E-state index contributed by atoms with van der Waals surface area (Å²) in [7, 11) is 1.71. The lowest BCUT2D eigenvalue weighted by Crippen LogP contribution is -2.18. The van der Waals surface area contributed by atoms with Crippen LogP contribution < -0.4 is 5.32 Å². The van der Waals surface area contributed by atoms with Crippen molar-refractivity contribution in [1.82, 2.24) is 5.32 Å². The summed E-state index contributed by atoms with van der Waals surface area (Å²) in [6.45, 7) is 0.369. The molecule has 0 saturated carbocycles. The lowest BCUT2D eigenvalue weighted by molar-refractivity contribution is -0.119. The Balaban J connectivity index is 3.16. The standard InChI is InChI=1S/C6H11NO2/c1-7-5-6(9)3-2-4-8/h4,7H,2-3,5H2,1H3. The molecule has 0 atom stereocenters. The summed E-state index contributed by atoms with van der Waals surface area (Å²) in [4.78, 5) is 20.3. The van der Waals surface area contributed by atoms with Crippen molar-refractivity contribution in [2.45, 2.75) is 12.8 Å². The molecule has 0 heterocycles. The van der Waals surface area contributed by atoms with E-state index < -0.39 is 0 Å². The molecule has 0 aliphatic rings. The fourth-order valence-corrected chi connectivity index (χ4v) is 0.505. The molecule has 0 aliphatic carbocycles.